The number of rotatable bonds is 52. The Morgan fingerprint density at radius 3 is 0.283 bits per heavy atom. The highest BCUT2D eigenvalue weighted by atomic mass is 28.6. The fraction of sp³-hybridized carbons (Fsp3) is 1.00. The summed E-state index contributed by atoms with van der Waals surface area (Å²) >= 11 is 0. The molecule has 53 heteroatoms. The molecule has 0 saturated heterocycles. The zero-order valence-electron chi connectivity index (χ0n) is 77.3. The first-order valence-corrected chi connectivity index (χ1v) is 113. The first kappa shape index (κ1) is 111. The molecule has 0 rings (SSSR count). The summed E-state index contributed by atoms with van der Waals surface area (Å²) < 4.78 is 178. The molecule has 0 aliphatic rings. The van der Waals surface area contributed by atoms with Crippen molar-refractivity contribution < 1.29 is 107 Å². The topological polar surface area (TPSA) is 240 Å². The maximum atomic E-state index is 7.00. The van der Waals surface area contributed by atoms with Gasteiger partial charge in [-0.25, -0.2) is 0 Å². The molecule has 0 amide bonds. The highest BCUT2D eigenvalue weighted by Gasteiger charge is 2.56. The van der Waals surface area contributed by atoms with Crippen LogP contribution < -0.4 is 0 Å². The monoisotopic (exact) mass is 1970 g/mol. The van der Waals surface area contributed by atoms with Crippen LogP contribution in [0, 0.1) is 0 Å². The van der Waals surface area contributed by atoms with E-state index in [1.165, 1.54) is 0 Å². The van der Waals surface area contributed by atoms with Gasteiger partial charge in [-0.1, -0.05) is 0 Å². The van der Waals surface area contributed by atoms with E-state index in [9.17, 15) is 0 Å². The summed E-state index contributed by atoms with van der Waals surface area (Å²) in [5.74, 6) is 0. The van der Waals surface area contributed by atoms with Gasteiger partial charge >= 0.3 is 205 Å². The summed E-state index contributed by atoms with van der Waals surface area (Å²) in [6.07, 6.45) is 0. The minimum absolute atomic E-state index is 1.21. The Morgan fingerprint density at radius 2 is 0.198 bits per heavy atom. The van der Waals surface area contributed by atoms with E-state index in [1.807, 2.05) is 0 Å². The Kier molecular flexibility index (Phi) is 40.2. The highest BCUT2D eigenvalue weighted by Crippen LogP contribution is 2.37. The molecule has 1 atom stereocenters. The van der Waals surface area contributed by atoms with Gasteiger partial charge in [0.2, 0.25) is 0 Å². The van der Waals surface area contributed by atoms with Crippen LogP contribution in [0.15, 0.2) is 0 Å². The third-order valence-electron chi connectivity index (χ3n) is 12.7. The molecule has 638 valence electrons. The van der Waals surface area contributed by atoms with Crippen molar-refractivity contribution in [1.82, 2.24) is 0 Å². The average Bonchev–Trinajstić information content (AvgIpc) is 0.805. The lowest BCUT2D eigenvalue weighted by Gasteiger charge is -2.45. The van der Waals surface area contributed by atoms with Crippen LogP contribution in [0.3, 0.4) is 0 Å². The average molecular weight is 1970 g/mol. The Morgan fingerprint density at radius 1 is 0.113 bits per heavy atom. The van der Waals surface area contributed by atoms with Gasteiger partial charge in [0.1, 0.15) is 0 Å². The zero-order chi connectivity index (χ0) is 85.1. The normalized spacial score (nSPS) is 16.3. The van der Waals surface area contributed by atoms with Gasteiger partial charge in [-0.05, 0) is 347 Å². The summed E-state index contributed by atoms with van der Waals surface area (Å²) in [6, 6.07) is 0. The summed E-state index contributed by atoms with van der Waals surface area (Å²) in [6.45, 7) is 110. The van der Waals surface area contributed by atoms with Crippen LogP contribution in [0.1, 0.15) is 0 Å². The molecule has 0 saturated carbocycles. The molecule has 0 aromatic heterocycles. The third kappa shape index (κ3) is 51.4. The van der Waals surface area contributed by atoms with Crippen molar-refractivity contribution in [2.24, 2.45) is 0 Å². The lowest BCUT2D eigenvalue weighted by molar-refractivity contribution is 0.245. The lowest BCUT2D eigenvalue weighted by atomic mass is 11.9. The molecular formula is C53H162O26Si27. The minimum Gasteiger partial charge on any atom is -0.442 e. The summed E-state index contributed by atoms with van der Waals surface area (Å²) in [5.41, 5.74) is 0. The minimum atomic E-state index is -2.91. The smallest absolute Gasteiger partial charge is 0.314 e. The molecule has 0 aliphatic carbocycles. The van der Waals surface area contributed by atoms with Gasteiger partial charge in [0.25, 0.3) is 9.28 Å². The second kappa shape index (κ2) is 38.5. The van der Waals surface area contributed by atoms with Crippen LogP contribution in [0.5, 0.6) is 0 Å². The molecule has 0 fully saturated rings. The van der Waals surface area contributed by atoms with Crippen LogP contribution in [0.4, 0.5) is 0 Å². The van der Waals surface area contributed by atoms with E-state index >= 15 is 0 Å². The van der Waals surface area contributed by atoms with Gasteiger partial charge in [-0.3, -0.25) is 0 Å². The highest BCUT2D eigenvalue weighted by molar-refractivity contribution is 6.97. The van der Waals surface area contributed by atoms with E-state index in [1.54, 1.807) is 0 Å². The van der Waals surface area contributed by atoms with E-state index < -0.39 is 233 Å². The van der Waals surface area contributed by atoms with E-state index in [4.69, 9.17) is 107 Å². The largest absolute Gasteiger partial charge is 0.442 e. The van der Waals surface area contributed by atoms with Crippen molar-refractivity contribution in [3.8, 4) is 0 Å². The fourth-order valence-corrected chi connectivity index (χ4v) is 149. The van der Waals surface area contributed by atoms with Crippen LogP contribution in [-0.4, -0.2) is 233 Å². The van der Waals surface area contributed by atoms with Crippen LogP contribution in [0.25, 0.3) is 0 Å². The van der Waals surface area contributed by atoms with E-state index in [2.05, 4.69) is 347 Å². The SMILES string of the molecule is C[SiH](C)O[SiH](C)O[Si](C)(C)O[Si](C)(C)O[Si](C)(C)O[Si](C)(C)O[Si](C)(C)O[Si](C)(C)O[Si](C)(C)O[Si](C)(C)O[Si](C)(C)O[Si](C)(C)O[Si](C)(C)O[Si](C)(C)O[Si](C)(C)O[Si](C)(C)O[Si](C)(C)O[Si](C)(C)O[Si](C)(C)O[Si](C)(C)O[Si](C)(C)O[Si](C)(C)O[Si](C)(C)O[Si](C)(C)O[Si](C)(C)O[Si](C)(C)O[SiH](C)C. The first-order valence-electron chi connectivity index (χ1n) is 37.6. The van der Waals surface area contributed by atoms with Crippen molar-refractivity contribution in [2.45, 2.75) is 347 Å². The Labute approximate surface area is 680 Å². The molecule has 1 unspecified atom stereocenters. The Balaban J connectivity index is 5.91. The van der Waals surface area contributed by atoms with Gasteiger partial charge in [-0.15, -0.1) is 0 Å². The second-order valence-electron chi connectivity index (χ2n) is 39.0. The quantitative estimate of drug-likeness (QED) is 0.0514. The number of hydrogen-bond acceptors (Lipinski definition) is 26. The first-order chi connectivity index (χ1) is 45.5. The van der Waals surface area contributed by atoms with Crippen molar-refractivity contribution >= 4 is 233 Å². The standard InChI is InChI=1S/C53H162O26Si27/c1-80(2)54-82(5)56-84(8,9)58-86(12,13)60-88(16,17)62-90(20,21)64-92(24,25)66-94(28,29)68-96(32,33)70-98(36,37)72-100(40,41)74-102(44,45)76-104(48,49)78-106(52,53)79-105(50,51)77-103(46,47)75-101(42,43)73-99(38,39)71-97(34,35)69-95(30,31)67-93(26,27)65-91(22,23)63-89(18,19)61-87(14,15)59-85(10,11)57-83(6,7)55-81(3)4/h80-82H,1-53H3. The van der Waals surface area contributed by atoms with E-state index in [-0.39, 0.29) is 0 Å². The third-order valence-corrected chi connectivity index (χ3v) is 115. The molecule has 0 aliphatic heterocycles. The molecule has 0 bridgehead atoms. The summed E-state index contributed by atoms with van der Waals surface area (Å²) in [4.78, 5) is 0. The van der Waals surface area contributed by atoms with Crippen LogP contribution in [-0.2, 0) is 107 Å². The number of hydrogen-bond donors (Lipinski definition) is 0. The maximum Gasteiger partial charge on any atom is 0.314 e. The molecule has 26 nitrogen and oxygen atoms in total. The van der Waals surface area contributed by atoms with Gasteiger partial charge in [0.15, 0.2) is 18.1 Å². The van der Waals surface area contributed by atoms with Gasteiger partial charge in [0, 0.05) is 0 Å². The van der Waals surface area contributed by atoms with Crippen molar-refractivity contribution in [2.75, 3.05) is 0 Å². The molecule has 0 heterocycles. The Bertz CT molecular complexity index is 2730. The molecule has 106 heavy (non-hydrogen) atoms. The fourth-order valence-electron chi connectivity index (χ4n) is 15.5. The Hall–Kier alpha value is 4.82. The van der Waals surface area contributed by atoms with Crippen LogP contribution in [0.2, 0.25) is 347 Å². The van der Waals surface area contributed by atoms with Gasteiger partial charge in [-0.2, -0.15) is 0 Å². The van der Waals surface area contributed by atoms with Crippen molar-refractivity contribution in [3.63, 3.8) is 0 Å². The van der Waals surface area contributed by atoms with Crippen molar-refractivity contribution in [1.29, 1.82) is 0 Å². The van der Waals surface area contributed by atoms with E-state index in [0.29, 0.717) is 0 Å². The molecule has 0 aromatic rings. The predicted molar refractivity (Wildman–Crippen MR) is 499 cm³/mol. The van der Waals surface area contributed by atoms with Crippen LogP contribution >= 0.6 is 0 Å². The molecule has 0 N–H and O–H groups in total. The summed E-state index contributed by atoms with van der Waals surface area (Å²) in [5, 5.41) is 0. The maximum absolute atomic E-state index is 7.00. The second-order valence-corrected chi connectivity index (χ2v) is 133. The lowest BCUT2D eigenvalue weighted by Crippen LogP contribution is -2.63. The van der Waals surface area contributed by atoms with Crippen molar-refractivity contribution in [3.05, 3.63) is 0 Å². The summed E-state index contributed by atoms with van der Waals surface area (Å²) in [7, 11) is -71.6. The van der Waals surface area contributed by atoms with E-state index in [0.717, 1.165) is 0 Å². The van der Waals surface area contributed by atoms with Gasteiger partial charge < -0.3 is 107 Å². The molecule has 0 spiro atoms. The van der Waals surface area contributed by atoms with Gasteiger partial charge in [0.05, 0.1) is 0 Å². The molecular weight excluding hydrogens is 1810 g/mol. The predicted octanol–water partition coefficient (Wildman–Crippen LogP) is 18.1. The molecule has 0 aromatic carbocycles. The zero-order valence-corrected chi connectivity index (χ0v) is 105. The molecule has 0 radical (unpaired) electrons.